The summed E-state index contributed by atoms with van der Waals surface area (Å²) in [7, 11) is 1.44. The fourth-order valence-electron chi connectivity index (χ4n) is 4.17. The number of esters is 1. The average Bonchev–Trinajstić information content (AvgIpc) is 2.78. The van der Waals surface area contributed by atoms with E-state index in [-0.39, 0.29) is 11.9 Å². The van der Waals surface area contributed by atoms with Gasteiger partial charge in [0, 0.05) is 31.5 Å². The number of hydrogen-bond acceptors (Lipinski definition) is 5. The maximum Gasteiger partial charge on any atom is 0.306 e. The van der Waals surface area contributed by atoms with E-state index in [0.29, 0.717) is 18.4 Å². The predicted octanol–water partition coefficient (Wildman–Crippen LogP) is 5.74. The van der Waals surface area contributed by atoms with E-state index in [1.807, 2.05) is 18.2 Å². The second kappa shape index (κ2) is 11.2. The standard InChI is InChI=1S/C26H36N2O3/c1-19(2)18-28(23-12-14-31-15-13-23)25-11-10-21(20(3)16-26(29)30-4)17-24(25)27-22-8-6-5-7-9-22/h5-11,17,19-20,23,27H,12-16,18H2,1-4H3. The van der Waals surface area contributed by atoms with Crippen LogP contribution in [0.4, 0.5) is 17.1 Å². The van der Waals surface area contributed by atoms with E-state index in [0.717, 1.165) is 49.5 Å². The van der Waals surface area contributed by atoms with Gasteiger partial charge in [0.1, 0.15) is 0 Å². The Labute approximate surface area is 186 Å². The molecule has 0 saturated carbocycles. The number of benzene rings is 2. The first kappa shape index (κ1) is 23.1. The molecule has 1 aliphatic heterocycles. The molecule has 1 heterocycles. The molecular formula is C26H36N2O3. The lowest BCUT2D eigenvalue weighted by Gasteiger charge is -2.38. The van der Waals surface area contributed by atoms with Gasteiger partial charge in [-0.2, -0.15) is 0 Å². The second-order valence-electron chi connectivity index (χ2n) is 8.84. The van der Waals surface area contributed by atoms with Crippen LogP contribution in [0, 0.1) is 5.92 Å². The number of nitrogens with one attached hydrogen (secondary N) is 1. The van der Waals surface area contributed by atoms with Crippen LogP contribution in [0.25, 0.3) is 0 Å². The van der Waals surface area contributed by atoms with Gasteiger partial charge in [0.05, 0.1) is 24.9 Å². The van der Waals surface area contributed by atoms with Crippen LogP contribution < -0.4 is 10.2 Å². The average molecular weight is 425 g/mol. The topological polar surface area (TPSA) is 50.8 Å². The van der Waals surface area contributed by atoms with Gasteiger partial charge >= 0.3 is 5.97 Å². The van der Waals surface area contributed by atoms with E-state index in [9.17, 15) is 4.79 Å². The molecule has 0 aliphatic carbocycles. The number of carbonyl (C=O) groups is 1. The molecule has 0 bridgehead atoms. The van der Waals surface area contributed by atoms with Crippen LogP contribution in [0.2, 0.25) is 0 Å². The molecular weight excluding hydrogens is 388 g/mol. The van der Waals surface area contributed by atoms with Crippen molar-refractivity contribution >= 4 is 23.0 Å². The molecule has 0 radical (unpaired) electrons. The maximum atomic E-state index is 11.8. The van der Waals surface area contributed by atoms with Gasteiger partial charge in [-0.1, -0.05) is 45.0 Å². The third-order valence-corrected chi connectivity index (χ3v) is 5.85. The molecule has 0 amide bonds. The van der Waals surface area contributed by atoms with Crippen molar-refractivity contribution < 1.29 is 14.3 Å². The molecule has 1 fully saturated rings. The van der Waals surface area contributed by atoms with Gasteiger partial charge in [0.2, 0.25) is 0 Å². The highest BCUT2D eigenvalue weighted by Crippen LogP contribution is 2.36. The minimum atomic E-state index is -0.183. The van der Waals surface area contributed by atoms with Gasteiger partial charge in [-0.05, 0) is 54.5 Å². The van der Waals surface area contributed by atoms with Gasteiger partial charge in [0.25, 0.3) is 0 Å². The lowest BCUT2D eigenvalue weighted by atomic mass is 9.95. The zero-order valence-electron chi connectivity index (χ0n) is 19.3. The molecule has 31 heavy (non-hydrogen) atoms. The van der Waals surface area contributed by atoms with E-state index in [4.69, 9.17) is 9.47 Å². The van der Waals surface area contributed by atoms with Crippen molar-refractivity contribution in [3.63, 3.8) is 0 Å². The Morgan fingerprint density at radius 2 is 1.84 bits per heavy atom. The molecule has 1 saturated heterocycles. The van der Waals surface area contributed by atoms with Crippen LogP contribution >= 0.6 is 0 Å². The molecule has 1 N–H and O–H groups in total. The summed E-state index contributed by atoms with van der Waals surface area (Å²) in [5, 5.41) is 3.64. The highest BCUT2D eigenvalue weighted by Gasteiger charge is 2.25. The number of methoxy groups -OCH3 is 1. The third-order valence-electron chi connectivity index (χ3n) is 5.85. The smallest absolute Gasteiger partial charge is 0.306 e. The first-order valence-electron chi connectivity index (χ1n) is 11.3. The van der Waals surface area contributed by atoms with Crippen LogP contribution in [0.3, 0.4) is 0 Å². The summed E-state index contributed by atoms with van der Waals surface area (Å²) in [5.74, 6) is 0.447. The minimum Gasteiger partial charge on any atom is -0.469 e. The summed E-state index contributed by atoms with van der Waals surface area (Å²) < 4.78 is 10.5. The van der Waals surface area contributed by atoms with Crippen LogP contribution in [0.1, 0.15) is 51.5 Å². The molecule has 2 aromatic rings. The molecule has 168 valence electrons. The first-order chi connectivity index (χ1) is 15.0. The van der Waals surface area contributed by atoms with Crippen LogP contribution in [-0.2, 0) is 14.3 Å². The van der Waals surface area contributed by atoms with Gasteiger partial charge in [-0.25, -0.2) is 0 Å². The van der Waals surface area contributed by atoms with Crippen LogP contribution in [0.15, 0.2) is 48.5 Å². The number of carbonyl (C=O) groups excluding carboxylic acids is 1. The minimum absolute atomic E-state index is 0.0828. The zero-order chi connectivity index (χ0) is 22.2. The van der Waals surface area contributed by atoms with Crippen molar-refractivity contribution in [3.05, 3.63) is 54.1 Å². The normalized spacial score (nSPS) is 15.5. The largest absolute Gasteiger partial charge is 0.469 e. The molecule has 5 nitrogen and oxygen atoms in total. The number of anilines is 3. The predicted molar refractivity (Wildman–Crippen MR) is 127 cm³/mol. The number of hydrogen-bond donors (Lipinski definition) is 1. The van der Waals surface area contributed by atoms with E-state index in [1.165, 1.54) is 12.8 Å². The Morgan fingerprint density at radius 1 is 1.13 bits per heavy atom. The van der Waals surface area contributed by atoms with Crippen molar-refractivity contribution in [2.45, 2.75) is 52.0 Å². The number of rotatable bonds is 9. The zero-order valence-corrected chi connectivity index (χ0v) is 19.3. The Morgan fingerprint density at radius 3 is 2.48 bits per heavy atom. The molecule has 5 heteroatoms. The van der Waals surface area contributed by atoms with Gasteiger partial charge in [-0.3, -0.25) is 4.79 Å². The summed E-state index contributed by atoms with van der Waals surface area (Å²) in [6.45, 7) is 9.23. The van der Waals surface area contributed by atoms with E-state index in [1.54, 1.807) is 0 Å². The SMILES string of the molecule is COC(=O)CC(C)c1ccc(N(CC(C)C)C2CCOCC2)c(Nc2ccccc2)c1. The Kier molecular flexibility index (Phi) is 8.35. The van der Waals surface area contributed by atoms with Crippen molar-refractivity contribution in [2.75, 3.05) is 37.1 Å². The lowest BCUT2D eigenvalue weighted by Crippen LogP contribution is -2.42. The summed E-state index contributed by atoms with van der Waals surface area (Å²) in [4.78, 5) is 14.4. The quantitative estimate of drug-likeness (QED) is 0.520. The molecule has 3 rings (SSSR count). The molecule has 0 aromatic heterocycles. The third kappa shape index (κ3) is 6.47. The van der Waals surface area contributed by atoms with Gasteiger partial charge in [-0.15, -0.1) is 0 Å². The molecule has 2 aromatic carbocycles. The van der Waals surface area contributed by atoms with Gasteiger partial charge in [0.15, 0.2) is 0 Å². The van der Waals surface area contributed by atoms with Crippen molar-refractivity contribution in [1.29, 1.82) is 0 Å². The maximum absolute atomic E-state index is 11.8. The monoisotopic (exact) mass is 424 g/mol. The van der Waals surface area contributed by atoms with E-state index < -0.39 is 0 Å². The highest BCUT2D eigenvalue weighted by atomic mass is 16.5. The van der Waals surface area contributed by atoms with Crippen molar-refractivity contribution in [2.24, 2.45) is 5.92 Å². The van der Waals surface area contributed by atoms with Gasteiger partial charge < -0.3 is 19.7 Å². The first-order valence-corrected chi connectivity index (χ1v) is 11.3. The molecule has 1 atom stereocenters. The lowest BCUT2D eigenvalue weighted by molar-refractivity contribution is -0.140. The van der Waals surface area contributed by atoms with Crippen LogP contribution in [0.5, 0.6) is 0 Å². The van der Waals surface area contributed by atoms with E-state index in [2.05, 4.69) is 61.3 Å². The molecule has 1 aliphatic rings. The summed E-state index contributed by atoms with van der Waals surface area (Å²) in [5.41, 5.74) is 4.47. The second-order valence-corrected chi connectivity index (χ2v) is 8.84. The Bertz CT molecular complexity index is 832. The summed E-state index contributed by atoms with van der Waals surface area (Å²) in [6.07, 6.45) is 2.45. The number of para-hydroxylation sites is 1. The Hall–Kier alpha value is -2.53. The van der Waals surface area contributed by atoms with Crippen molar-refractivity contribution in [1.82, 2.24) is 0 Å². The summed E-state index contributed by atoms with van der Waals surface area (Å²) >= 11 is 0. The molecule has 1 unspecified atom stereocenters. The number of ether oxygens (including phenoxy) is 2. The Balaban J connectivity index is 1.98. The fraction of sp³-hybridized carbons (Fsp3) is 0.500. The van der Waals surface area contributed by atoms with Crippen LogP contribution in [-0.4, -0.2) is 38.9 Å². The molecule has 0 spiro atoms. The number of nitrogens with zero attached hydrogens (tertiary/aromatic N) is 1. The highest BCUT2D eigenvalue weighted by molar-refractivity contribution is 5.77. The van der Waals surface area contributed by atoms with E-state index >= 15 is 0 Å². The van der Waals surface area contributed by atoms with Crippen molar-refractivity contribution in [3.8, 4) is 0 Å². The summed E-state index contributed by atoms with van der Waals surface area (Å²) in [6, 6.07) is 17.3. The fourth-order valence-corrected chi connectivity index (χ4v) is 4.17.